The van der Waals surface area contributed by atoms with Crippen LogP contribution in [0.3, 0.4) is 0 Å². The number of carbonyl (C=O) groups excluding carboxylic acids is 2. The highest BCUT2D eigenvalue weighted by molar-refractivity contribution is 7.89. The zero-order chi connectivity index (χ0) is 29.3. The molecule has 0 radical (unpaired) electrons. The molecule has 1 heterocycles. The van der Waals surface area contributed by atoms with E-state index in [2.05, 4.69) is 20.3 Å². The average Bonchev–Trinajstić information content (AvgIpc) is 3.31. The normalized spacial score (nSPS) is 15.2. The minimum absolute atomic E-state index is 0.0145. The first-order valence-corrected chi connectivity index (χ1v) is 15.8. The molecule has 2 amide bonds. The number of carbonyl (C=O) groups is 2. The van der Waals surface area contributed by atoms with Crippen molar-refractivity contribution in [3.05, 3.63) is 47.1 Å². The Labute approximate surface area is 239 Å². The van der Waals surface area contributed by atoms with Crippen LogP contribution in [-0.4, -0.2) is 54.0 Å². The van der Waals surface area contributed by atoms with E-state index in [1.807, 2.05) is 0 Å². The van der Waals surface area contributed by atoms with Gasteiger partial charge in [0.2, 0.25) is 10.0 Å². The van der Waals surface area contributed by atoms with E-state index >= 15 is 0 Å². The molecule has 3 aromatic rings. The van der Waals surface area contributed by atoms with Crippen LogP contribution in [0.25, 0.3) is 21.2 Å². The predicted molar refractivity (Wildman–Crippen MR) is 158 cm³/mol. The Hall–Kier alpha value is -2.86. The SMILES string of the molecule is CC(C)(O)CNC(=O)c1nc(C(=O)NC2CCCCC2)c(-c2ccc(S(=O)(=O)NC(C)(C)C)c3ccccc23)s1. The molecule has 0 bridgehead atoms. The summed E-state index contributed by atoms with van der Waals surface area (Å²) in [4.78, 5) is 31.6. The highest BCUT2D eigenvalue weighted by Crippen LogP contribution is 2.38. The van der Waals surface area contributed by atoms with E-state index in [1.54, 1.807) is 65.0 Å². The molecular weight excluding hydrogens is 548 g/mol. The maximum atomic E-state index is 13.5. The van der Waals surface area contributed by atoms with Gasteiger partial charge in [-0.15, -0.1) is 11.3 Å². The fourth-order valence-corrected chi connectivity index (χ4v) is 7.44. The maximum Gasteiger partial charge on any atom is 0.280 e. The number of nitrogens with one attached hydrogen (secondary N) is 3. The third kappa shape index (κ3) is 7.25. The highest BCUT2D eigenvalue weighted by Gasteiger charge is 2.29. The molecule has 1 saturated carbocycles. The number of sulfonamides is 1. The topological polar surface area (TPSA) is 137 Å². The van der Waals surface area contributed by atoms with Gasteiger partial charge in [-0.05, 0) is 58.9 Å². The summed E-state index contributed by atoms with van der Waals surface area (Å²) in [6.07, 6.45) is 5.01. The monoisotopic (exact) mass is 586 g/mol. The number of hydrogen-bond donors (Lipinski definition) is 4. The molecule has 1 aromatic heterocycles. The van der Waals surface area contributed by atoms with E-state index < -0.39 is 27.1 Å². The smallest absolute Gasteiger partial charge is 0.280 e. The lowest BCUT2D eigenvalue weighted by Crippen LogP contribution is -2.40. The lowest BCUT2D eigenvalue weighted by atomic mass is 9.95. The summed E-state index contributed by atoms with van der Waals surface area (Å²) in [5.74, 6) is -0.863. The van der Waals surface area contributed by atoms with Gasteiger partial charge in [-0.25, -0.2) is 18.1 Å². The number of amides is 2. The van der Waals surface area contributed by atoms with Gasteiger partial charge in [-0.2, -0.15) is 0 Å². The minimum Gasteiger partial charge on any atom is -0.389 e. The van der Waals surface area contributed by atoms with Crippen LogP contribution in [0, 0.1) is 0 Å². The molecule has 40 heavy (non-hydrogen) atoms. The summed E-state index contributed by atoms with van der Waals surface area (Å²) in [7, 11) is -3.85. The van der Waals surface area contributed by atoms with Crippen LogP contribution >= 0.6 is 11.3 Å². The highest BCUT2D eigenvalue weighted by atomic mass is 32.2. The zero-order valence-corrected chi connectivity index (χ0v) is 25.3. The number of aliphatic hydroxyl groups is 1. The number of rotatable bonds is 8. The molecule has 0 atom stereocenters. The first-order chi connectivity index (χ1) is 18.6. The number of aromatic nitrogens is 1. The summed E-state index contributed by atoms with van der Waals surface area (Å²) in [6.45, 7) is 8.51. The summed E-state index contributed by atoms with van der Waals surface area (Å²) in [5, 5.41) is 17.0. The van der Waals surface area contributed by atoms with Gasteiger partial charge in [-0.1, -0.05) is 49.6 Å². The summed E-state index contributed by atoms with van der Waals surface area (Å²) in [5.41, 5.74) is -1.06. The molecule has 4 N–H and O–H groups in total. The van der Waals surface area contributed by atoms with Gasteiger partial charge in [0.25, 0.3) is 11.8 Å². The van der Waals surface area contributed by atoms with Crippen LogP contribution in [-0.2, 0) is 10.0 Å². The second kappa shape index (κ2) is 11.6. The Kier molecular flexibility index (Phi) is 8.70. The van der Waals surface area contributed by atoms with Crippen molar-refractivity contribution in [3.63, 3.8) is 0 Å². The molecule has 2 aromatic carbocycles. The molecule has 1 aliphatic rings. The van der Waals surface area contributed by atoms with Crippen LogP contribution in [0.15, 0.2) is 41.3 Å². The Morgan fingerprint density at radius 1 is 0.975 bits per heavy atom. The quantitative estimate of drug-likeness (QED) is 0.304. The first kappa shape index (κ1) is 30.1. The maximum absolute atomic E-state index is 13.5. The number of benzene rings is 2. The van der Waals surface area contributed by atoms with Crippen molar-refractivity contribution in [2.45, 2.75) is 88.8 Å². The number of hydrogen-bond acceptors (Lipinski definition) is 7. The van der Waals surface area contributed by atoms with E-state index in [1.165, 1.54) is 6.07 Å². The second-order valence-corrected chi connectivity index (χ2v) is 14.7. The largest absolute Gasteiger partial charge is 0.389 e. The van der Waals surface area contributed by atoms with Crippen molar-refractivity contribution >= 4 is 43.9 Å². The van der Waals surface area contributed by atoms with Gasteiger partial charge in [0.1, 0.15) is 5.69 Å². The molecule has 4 rings (SSSR count). The first-order valence-electron chi connectivity index (χ1n) is 13.5. The molecule has 1 fully saturated rings. The third-order valence-electron chi connectivity index (χ3n) is 6.52. The Morgan fingerprint density at radius 2 is 1.62 bits per heavy atom. The predicted octanol–water partition coefficient (Wildman–Crippen LogP) is 4.60. The van der Waals surface area contributed by atoms with Crippen molar-refractivity contribution in [3.8, 4) is 10.4 Å². The van der Waals surface area contributed by atoms with E-state index in [0.29, 0.717) is 21.2 Å². The number of thiazole rings is 1. The van der Waals surface area contributed by atoms with Gasteiger partial charge < -0.3 is 15.7 Å². The van der Waals surface area contributed by atoms with E-state index in [4.69, 9.17) is 0 Å². The van der Waals surface area contributed by atoms with Crippen LogP contribution in [0.2, 0.25) is 0 Å². The number of fused-ring (bicyclic) bond motifs is 1. The summed E-state index contributed by atoms with van der Waals surface area (Å²) in [6, 6.07) is 10.3. The van der Waals surface area contributed by atoms with Crippen LogP contribution in [0.1, 0.15) is 87.0 Å². The second-order valence-electron chi connectivity index (χ2n) is 12.0. The molecule has 216 valence electrons. The van der Waals surface area contributed by atoms with E-state index in [-0.39, 0.29) is 34.1 Å². The zero-order valence-electron chi connectivity index (χ0n) is 23.6. The van der Waals surface area contributed by atoms with Crippen LogP contribution in [0.5, 0.6) is 0 Å². The third-order valence-corrected chi connectivity index (χ3v) is 9.42. The van der Waals surface area contributed by atoms with Crippen molar-refractivity contribution in [2.24, 2.45) is 0 Å². The lowest BCUT2D eigenvalue weighted by molar-refractivity contribution is 0.0694. The lowest BCUT2D eigenvalue weighted by Gasteiger charge is -2.22. The van der Waals surface area contributed by atoms with E-state index in [9.17, 15) is 23.1 Å². The molecule has 11 heteroatoms. The summed E-state index contributed by atoms with van der Waals surface area (Å²) < 4.78 is 29.3. The Bertz CT molecular complexity index is 1510. The van der Waals surface area contributed by atoms with Crippen LogP contribution < -0.4 is 15.4 Å². The molecule has 9 nitrogen and oxygen atoms in total. The molecule has 0 aliphatic heterocycles. The minimum atomic E-state index is -3.85. The van der Waals surface area contributed by atoms with Gasteiger partial charge in [0.15, 0.2) is 5.01 Å². The van der Waals surface area contributed by atoms with Gasteiger partial charge >= 0.3 is 0 Å². The molecule has 0 spiro atoms. The Balaban J connectivity index is 1.82. The van der Waals surface area contributed by atoms with Crippen molar-refractivity contribution in [1.82, 2.24) is 20.3 Å². The Morgan fingerprint density at radius 3 is 2.25 bits per heavy atom. The van der Waals surface area contributed by atoms with Gasteiger partial charge in [0.05, 0.1) is 15.4 Å². The fraction of sp³-hybridized carbons (Fsp3) is 0.483. The molecular formula is C29H38N4O5S2. The fourth-order valence-electron chi connectivity index (χ4n) is 4.79. The van der Waals surface area contributed by atoms with Crippen LogP contribution in [0.4, 0.5) is 0 Å². The van der Waals surface area contributed by atoms with Gasteiger partial charge in [-0.3, -0.25) is 9.59 Å². The molecule has 0 unspecified atom stereocenters. The number of nitrogens with zero attached hydrogens (tertiary/aromatic N) is 1. The van der Waals surface area contributed by atoms with Crippen molar-refractivity contribution in [1.29, 1.82) is 0 Å². The van der Waals surface area contributed by atoms with Crippen molar-refractivity contribution < 1.29 is 23.1 Å². The summed E-state index contributed by atoms with van der Waals surface area (Å²) >= 11 is 1.07. The standard InChI is InChI=1S/C29H38N4O5S2/c1-28(2,3)33-40(37,38)22-16-15-21(19-13-9-10-14-20(19)22)24-23(25(34)31-18-11-7-6-8-12-18)32-27(39-24)26(35)30-17-29(4,5)36/h9-10,13-16,18,33,36H,6-8,11-12,17H2,1-5H3,(H,30,35)(H,31,34). The van der Waals surface area contributed by atoms with Crippen molar-refractivity contribution in [2.75, 3.05) is 6.54 Å². The average molecular weight is 587 g/mol. The molecule has 0 saturated heterocycles. The molecule has 1 aliphatic carbocycles. The van der Waals surface area contributed by atoms with Gasteiger partial charge in [0, 0.05) is 29.1 Å². The van der Waals surface area contributed by atoms with E-state index in [0.717, 1.165) is 43.4 Å².